The Morgan fingerprint density at radius 1 is 1.07 bits per heavy atom. The normalized spacial score (nSPS) is 13.1. The quantitative estimate of drug-likeness (QED) is 0.545. The monoisotopic (exact) mass is 369 g/mol. The summed E-state index contributed by atoms with van der Waals surface area (Å²) in [5.74, 6) is 0.222. The molecule has 1 aliphatic rings. The molecule has 0 bridgehead atoms. The highest BCUT2D eigenvalue weighted by molar-refractivity contribution is 6.01. The van der Waals surface area contributed by atoms with E-state index in [-0.39, 0.29) is 12.1 Å². The van der Waals surface area contributed by atoms with Crippen molar-refractivity contribution in [3.05, 3.63) is 95.0 Å². The van der Waals surface area contributed by atoms with Crippen LogP contribution in [0.2, 0.25) is 0 Å². The van der Waals surface area contributed by atoms with Gasteiger partial charge in [0.25, 0.3) is 5.91 Å². The molecule has 4 rings (SSSR count). The topological polar surface area (TPSA) is 69.3 Å². The smallest absolute Gasteiger partial charge is 0.262 e. The fourth-order valence-electron chi connectivity index (χ4n) is 3.29. The number of carbonyl (C=O) groups is 1. The fourth-order valence-corrected chi connectivity index (χ4v) is 3.29. The molecule has 1 amide bonds. The zero-order valence-corrected chi connectivity index (χ0v) is 15.3. The first-order valence-corrected chi connectivity index (χ1v) is 9.07. The molecule has 0 atom stereocenters. The maximum absolute atomic E-state index is 12.2. The second kappa shape index (κ2) is 7.85. The van der Waals surface area contributed by atoms with Gasteiger partial charge in [0.15, 0.2) is 0 Å². The molecule has 1 aromatic heterocycles. The van der Waals surface area contributed by atoms with E-state index >= 15 is 0 Å². The number of nitriles is 1. The van der Waals surface area contributed by atoms with Crippen LogP contribution in [0.1, 0.15) is 22.5 Å². The van der Waals surface area contributed by atoms with Crippen molar-refractivity contribution in [3.63, 3.8) is 0 Å². The molecule has 0 unspecified atom stereocenters. The largest absolute Gasteiger partial charge is 0.467 e. The zero-order valence-electron chi connectivity index (χ0n) is 15.3. The van der Waals surface area contributed by atoms with E-state index in [0.717, 1.165) is 24.3 Å². The van der Waals surface area contributed by atoms with Gasteiger partial charge < -0.3 is 14.6 Å². The lowest BCUT2D eigenvalue weighted by molar-refractivity contribution is -0.117. The highest BCUT2D eigenvalue weighted by atomic mass is 16.3. The standard InChI is InChI=1S/C23H19N3O2/c24-13-20(23(27)25-14-22-6-3-11-28-22)12-17-7-9-21(10-8-17)26-15-18-4-1-2-5-19(18)16-26/h1-12H,14-16H2,(H,25,27). The predicted octanol–water partition coefficient (Wildman–Crippen LogP) is 4.02. The van der Waals surface area contributed by atoms with Gasteiger partial charge in [-0.05, 0) is 47.0 Å². The lowest BCUT2D eigenvalue weighted by Gasteiger charge is -2.17. The Morgan fingerprint density at radius 3 is 2.39 bits per heavy atom. The summed E-state index contributed by atoms with van der Waals surface area (Å²) in [5, 5.41) is 12.0. The first kappa shape index (κ1) is 17.6. The second-order valence-electron chi connectivity index (χ2n) is 6.65. The van der Waals surface area contributed by atoms with Crippen LogP contribution >= 0.6 is 0 Å². The molecule has 28 heavy (non-hydrogen) atoms. The lowest BCUT2D eigenvalue weighted by atomic mass is 10.1. The summed E-state index contributed by atoms with van der Waals surface area (Å²) in [4.78, 5) is 14.5. The van der Waals surface area contributed by atoms with E-state index in [0.29, 0.717) is 5.76 Å². The highest BCUT2D eigenvalue weighted by Crippen LogP contribution is 2.28. The summed E-state index contributed by atoms with van der Waals surface area (Å²) < 4.78 is 5.18. The Morgan fingerprint density at radius 2 is 1.79 bits per heavy atom. The first-order valence-electron chi connectivity index (χ1n) is 9.07. The number of carbonyl (C=O) groups excluding carboxylic acids is 1. The third-order valence-corrected chi connectivity index (χ3v) is 4.78. The van der Waals surface area contributed by atoms with Gasteiger partial charge in [0.1, 0.15) is 17.4 Å². The number of rotatable bonds is 5. The second-order valence-corrected chi connectivity index (χ2v) is 6.65. The molecular formula is C23H19N3O2. The molecule has 5 nitrogen and oxygen atoms in total. The third-order valence-electron chi connectivity index (χ3n) is 4.78. The Bertz CT molecular complexity index is 1020. The van der Waals surface area contributed by atoms with E-state index in [1.807, 2.05) is 30.3 Å². The van der Waals surface area contributed by atoms with Gasteiger partial charge in [-0.15, -0.1) is 0 Å². The van der Waals surface area contributed by atoms with Crippen LogP contribution in [0.3, 0.4) is 0 Å². The Balaban J connectivity index is 1.43. The van der Waals surface area contributed by atoms with Crippen LogP contribution < -0.4 is 10.2 Å². The van der Waals surface area contributed by atoms with Crippen molar-refractivity contribution in [3.8, 4) is 6.07 Å². The predicted molar refractivity (Wildman–Crippen MR) is 107 cm³/mol. The number of hydrogen-bond acceptors (Lipinski definition) is 4. The number of benzene rings is 2. The summed E-state index contributed by atoms with van der Waals surface area (Å²) in [7, 11) is 0. The summed E-state index contributed by atoms with van der Waals surface area (Å²) in [6.07, 6.45) is 3.14. The SMILES string of the molecule is N#CC(=Cc1ccc(N2Cc3ccccc3C2)cc1)C(=O)NCc1ccco1. The van der Waals surface area contributed by atoms with Crippen molar-refractivity contribution in [2.24, 2.45) is 0 Å². The van der Waals surface area contributed by atoms with Gasteiger partial charge in [0.05, 0.1) is 12.8 Å². The number of nitrogens with zero attached hydrogens (tertiary/aromatic N) is 2. The molecule has 0 fully saturated rings. The van der Waals surface area contributed by atoms with Crippen molar-refractivity contribution in [2.45, 2.75) is 19.6 Å². The van der Waals surface area contributed by atoms with Gasteiger partial charge in [-0.3, -0.25) is 4.79 Å². The van der Waals surface area contributed by atoms with Crippen molar-refractivity contribution in [1.29, 1.82) is 5.26 Å². The number of amides is 1. The molecule has 0 radical (unpaired) electrons. The van der Waals surface area contributed by atoms with Crippen LogP contribution in [0.5, 0.6) is 0 Å². The minimum atomic E-state index is -0.419. The first-order chi connectivity index (χ1) is 13.7. The van der Waals surface area contributed by atoms with Crippen molar-refractivity contribution in [2.75, 3.05) is 4.90 Å². The summed E-state index contributed by atoms with van der Waals surface area (Å²) >= 11 is 0. The van der Waals surface area contributed by atoms with Crippen LogP contribution in [0.15, 0.2) is 76.9 Å². The number of hydrogen-bond donors (Lipinski definition) is 1. The maximum atomic E-state index is 12.2. The molecule has 2 heterocycles. The lowest BCUT2D eigenvalue weighted by Crippen LogP contribution is -2.23. The van der Waals surface area contributed by atoms with Gasteiger partial charge >= 0.3 is 0 Å². The van der Waals surface area contributed by atoms with Gasteiger partial charge in [-0.1, -0.05) is 36.4 Å². The molecule has 3 aromatic rings. The summed E-state index contributed by atoms with van der Waals surface area (Å²) in [5.41, 5.74) is 4.70. The van der Waals surface area contributed by atoms with Crippen LogP contribution in [-0.4, -0.2) is 5.91 Å². The van der Waals surface area contributed by atoms with Crippen LogP contribution in [0.25, 0.3) is 6.08 Å². The number of furan rings is 1. The van der Waals surface area contributed by atoms with E-state index in [1.165, 1.54) is 11.1 Å². The van der Waals surface area contributed by atoms with Gasteiger partial charge in [0.2, 0.25) is 0 Å². The van der Waals surface area contributed by atoms with Crippen molar-refractivity contribution in [1.82, 2.24) is 5.32 Å². The van der Waals surface area contributed by atoms with Crippen LogP contribution in [0.4, 0.5) is 5.69 Å². The van der Waals surface area contributed by atoms with Gasteiger partial charge in [-0.25, -0.2) is 0 Å². The minimum absolute atomic E-state index is 0.0629. The van der Waals surface area contributed by atoms with Crippen molar-refractivity contribution < 1.29 is 9.21 Å². The average Bonchev–Trinajstić information content (AvgIpc) is 3.40. The Kier molecular flexibility index (Phi) is 4.94. The van der Waals surface area contributed by atoms with Gasteiger partial charge in [0, 0.05) is 18.8 Å². The van der Waals surface area contributed by atoms with Gasteiger partial charge in [-0.2, -0.15) is 5.26 Å². The number of anilines is 1. The highest BCUT2D eigenvalue weighted by Gasteiger charge is 2.18. The molecule has 0 saturated carbocycles. The maximum Gasteiger partial charge on any atom is 0.262 e. The van der Waals surface area contributed by atoms with Crippen molar-refractivity contribution >= 4 is 17.7 Å². The molecule has 0 aliphatic carbocycles. The van der Waals surface area contributed by atoms with E-state index in [2.05, 4.69) is 34.5 Å². The minimum Gasteiger partial charge on any atom is -0.467 e. The fraction of sp³-hybridized carbons (Fsp3) is 0.130. The number of fused-ring (bicyclic) bond motifs is 1. The van der Waals surface area contributed by atoms with E-state index in [9.17, 15) is 10.1 Å². The molecule has 0 spiro atoms. The molecule has 2 aromatic carbocycles. The summed E-state index contributed by atoms with van der Waals surface area (Å²) in [6, 6.07) is 21.8. The molecule has 1 aliphatic heterocycles. The molecular weight excluding hydrogens is 350 g/mol. The zero-order chi connectivity index (χ0) is 19.3. The summed E-state index contributed by atoms with van der Waals surface area (Å²) in [6.45, 7) is 2.04. The van der Waals surface area contributed by atoms with E-state index in [1.54, 1.807) is 24.5 Å². The van der Waals surface area contributed by atoms with E-state index in [4.69, 9.17) is 4.42 Å². The third kappa shape index (κ3) is 3.81. The van der Waals surface area contributed by atoms with Crippen LogP contribution in [0, 0.1) is 11.3 Å². The number of nitrogens with one attached hydrogen (secondary N) is 1. The Hall–Kier alpha value is -3.78. The Labute approximate surface area is 163 Å². The van der Waals surface area contributed by atoms with Crippen LogP contribution in [-0.2, 0) is 24.4 Å². The average molecular weight is 369 g/mol. The molecule has 0 saturated heterocycles. The molecule has 1 N–H and O–H groups in total. The van der Waals surface area contributed by atoms with E-state index < -0.39 is 5.91 Å². The molecule has 138 valence electrons. The molecule has 5 heteroatoms.